The fraction of sp³-hybridized carbons (Fsp3) is 0.923. The normalized spacial score (nSPS) is 25.2. The van der Waals surface area contributed by atoms with E-state index >= 15 is 0 Å². The van der Waals surface area contributed by atoms with Crippen LogP contribution in [0.4, 0.5) is 13.2 Å². The SMILES string of the molecule is CN(C(=O)C1CCC(C(F)(F)F)CC1)C(C)(C)CBr. The summed E-state index contributed by atoms with van der Waals surface area (Å²) in [7, 11) is 1.72. The van der Waals surface area contributed by atoms with Crippen LogP contribution in [0.25, 0.3) is 0 Å². The Hall–Kier alpha value is -0.260. The third kappa shape index (κ3) is 4.10. The Kier molecular flexibility index (Phi) is 5.32. The van der Waals surface area contributed by atoms with Crippen LogP contribution in [0, 0.1) is 11.8 Å². The summed E-state index contributed by atoms with van der Waals surface area (Å²) in [6, 6.07) is 0. The van der Waals surface area contributed by atoms with E-state index in [4.69, 9.17) is 0 Å². The first-order chi connectivity index (χ1) is 8.59. The summed E-state index contributed by atoms with van der Waals surface area (Å²) < 4.78 is 37.7. The average Bonchev–Trinajstić information content (AvgIpc) is 2.36. The first-order valence-electron chi connectivity index (χ1n) is 6.50. The van der Waals surface area contributed by atoms with Gasteiger partial charge < -0.3 is 4.90 Å². The lowest BCUT2D eigenvalue weighted by Gasteiger charge is -2.38. The van der Waals surface area contributed by atoms with Crippen LogP contribution in [0.1, 0.15) is 39.5 Å². The Labute approximate surface area is 120 Å². The van der Waals surface area contributed by atoms with Crippen LogP contribution >= 0.6 is 15.9 Å². The molecule has 1 amide bonds. The minimum Gasteiger partial charge on any atom is -0.340 e. The van der Waals surface area contributed by atoms with E-state index in [0.717, 1.165) is 0 Å². The highest BCUT2D eigenvalue weighted by Gasteiger charge is 2.43. The summed E-state index contributed by atoms with van der Waals surface area (Å²) in [5, 5.41) is 0.639. The summed E-state index contributed by atoms with van der Waals surface area (Å²) in [6.45, 7) is 3.86. The molecule has 1 aliphatic rings. The molecule has 0 radical (unpaired) electrons. The summed E-state index contributed by atoms with van der Waals surface area (Å²) >= 11 is 3.36. The van der Waals surface area contributed by atoms with Crippen LogP contribution in [0.2, 0.25) is 0 Å². The van der Waals surface area contributed by atoms with Crippen molar-refractivity contribution in [2.75, 3.05) is 12.4 Å². The van der Waals surface area contributed by atoms with E-state index < -0.39 is 12.1 Å². The van der Waals surface area contributed by atoms with E-state index in [-0.39, 0.29) is 30.2 Å². The molecule has 0 aromatic rings. The molecule has 0 saturated heterocycles. The Bertz CT molecular complexity index is 322. The fourth-order valence-corrected chi connectivity index (χ4v) is 2.71. The number of hydrogen-bond acceptors (Lipinski definition) is 1. The molecular weight excluding hydrogens is 323 g/mol. The number of nitrogens with zero attached hydrogens (tertiary/aromatic N) is 1. The zero-order valence-corrected chi connectivity index (χ0v) is 13.1. The van der Waals surface area contributed by atoms with Crippen LogP contribution in [-0.2, 0) is 4.79 Å². The van der Waals surface area contributed by atoms with Crippen molar-refractivity contribution in [3.05, 3.63) is 0 Å². The van der Waals surface area contributed by atoms with Gasteiger partial charge in [0.15, 0.2) is 0 Å². The van der Waals surface area contributed by atoms with Gasteiger partial charge in [0.1, 0.15) is 0 Å². The molecule has 0 unspecified atom stereocenters. The quantitative estimate of drug-likeness (QED) is 0.709. The van der Waals surface area contributed by atoms with Gasteiger partial charge in [-0.05, 0) is 39.5 Å². The van der Waals surface area contributed by atoms with E-state index in [1.54, 1.807) is 11.9 Å². The molecule has 0 heterocycles. The molecule has 0 aromatic heterocycles. The van der Waals surface area contributed by atoms with Gasteiger partial charge in [-0.3, -0.25) is 4.79 Å². The maximum Gasteiger partial charge on any atom is 0.391 e. The lowest BCUT2D eigenvalue weighted by molar-refractivity contribution is -0.185. The maximum absolute atomic E-state index is 12.6. The molecule has 6 heteroatoms. The molecular formula is C13H21BrF3NO. The van der Waals surface area contributed by atoms with Crippen LogP contribution in [0.3, 0.4) is 0 Å². The van der Waals surface area contributed by atoms with Crippen molar-refractivity contribution in [1.29, 1.82) is 0 Å². The average molecular weight is 344 g/mol. The molecule has 0 aliphatic heterocycles. The minimum absolute atomic E-state index is 0.0370. The van der Waals surface area contributed by atoms with Crippen molar-refractivity contribution >= 4 is 21.8 Å². The standard InChI is InChI=1S/C13H21BrF3NO/c1-12(2,8-14)18(3)11(19)9-4-6-10(7-5-9)13(15,16)17/h9-10H,4-8H2,1-3H3. The highest BCUT2D eigenvalue weighted by atomic mass is 79.9. The smallest absolute Gasteiger partial charge is 0.340 e. The van der Waals surface area contributed by atoms with Crippen LogP contribution in [-0.4, -0.2) is 34.9 Å². The lowest BCUT2D eigenvalue weighted by Crippen LogP contribution is -2.49. The minimum atomic E-state index is -4.12. The summed E-state index contributed by atoms with van der Waals surface area (Å²) in [4.78, 5) is 13.9. The van der Waals surface area contributed by atoms with Crippen molar-refractivity contribution in [3.63, 3.8) is 0 Å². The van der Waals surface area contributed by atoms with Crippen LogP contribution in [0.15, 0.2) is 0 Å². The molecule has 19 heavy (non-hydrogen) atoms. The van der Waals surface area contributed by atoms with Gasteiger partial charge >= 0.3 is 6.18 Å². The zero-order valence-electron chi connectivity index (χ0n) is 11.6. The van der Waals surface area contributed by atoms with Crippen molar-refractivity contribution < 1.29 is 18.0 Å². The second kappa shape index (κ2) is 6.02. The molecule has 0 spiro atoms. The second-order valence-electron chi connectivity index (χ2n) is 5.93. The highest BCUT2D eigenvalue weighted by Crippen LogP contribution is 2.40. The summed E-state index contributed by atoms with van der Waals surface area (Å²) in [6.07, 6.45) is -3.29. The molecule has 0 bridgehead atoms. The van der Waals surface area contributed by atoms with Gasteiger partial charge in [-0.1, -0.05) is 15.9 Å². The van der Waals surface area contributed by atoms with E-state index in [1.807, 2.05) is 13.8 Å². The Morgan fingerprint density at radius 2 is 1.68 bits per heavy atom. The van der Waals surface area contributed by atoms with E-state index in [0.29, 0.717) is 18.2 Å². The molecule has 0 atom stereocenters. The first kappa shape index (κ1) is 16.8. The van der Waals surface area contributed by atoms with Gasteiger partial charge in [0.05, 0.1) is 5.92 Å². The van der Waals surface area contributed by atoms with E-state index in [9.17, 15) is 18.0 Å². The number of carbonyl (C=O) groups excluding carboxylic acids is 1. The molecule has 112 valence electrons. The van der Waals surface area contributed by atoms with Crippen LogP contribution < -0.4 is 0 Å². The van der Waals surface area contributed by atoms with Gasteiger partial charge in [-0.25, -0.2) is 0 Å². The third-order valence-corrected chi connectivity index (χ3v) is 5.48. The Balaban J connectivity index is 2.59. The Morgan fingerprint density at radius 1 is 1.21 bits per heavy atom. The van der Waals surface area contributed by atoms with E-state index in [1.165, 1.54) is 0 Å². The molecule has 0 aromatic carbocycles. The lowest BCUT2D eigenvalue weighted by atomic mass is 9.80. The van der Waals surface area contributed by atoms with Crippen molar-refractivity contribution in [1.82, 2.24) is 4.90 Å². The monoisotopic (exact) mass is 343 g/mol. The molecule has 1 fully saturated rings. The van der Waals surface area contributed by atoms with Gasteiger partial charge in [-0.15, -0.1) is 0 Å². The highest BCUT2D eigenvalue weighted by molar-refractivity contribution is 9.09. The first-order valence-corrected chi connectivity index (χ1v) is 7.62. The number of alkyl halides is 4. The Morgan fingerprint density at radius 3 is 2.05 bits per heavy atom. The molecule has 2 nitrogen and oxygen atoms in total. The maximum atomic E-state index is 12.6. The zero-order chi connectivity index (χ0) is 14.8. The predicted molar refractivity (Wildman–Crippen MR) is 72.1 cm³/mol. The van der Waals surface area contributed by atoms with Gasteiger partial charge in [0.2, 0.25) is 5.91 Å². The fourth-order valence-electron chi connectivity index (χ4n) is 2.33. The van der Waals surface area contributed by atoms with Gasteiger partial charge in [0, 0.05) is 23.8 Å². The van der Waals surface area contributed by atoms with Gasteiger partial charge in [0.25, 0.3) is 0 Å². The number of hydrogen-bond donors (Lipinski definition) is 0. The number of carbonyl (C=O) groups is 1. The number of halogens is 4. The number of rotatable bonds is 3. The number of amides is 1. The molecule has 0 N–H and O–H groups in total. The summed E-state index contributed by atoms with van der Waals surface area (Å²) in [5.41, 5.74) is -0.321. The summed E-state index contributed by atoms with van der Waals surface area (Å²) in [5.74, 6) is -1.53. The predicted octanol–water partition coefficient (Wildman–Crippen LogP) is 3.99. The van der Waals surface area contributed by atoms with Crippen molar-refractivity contribution in [2.45, 2.75) is 51.2 Å². The van der Waals surface area contributed by atoms with Crippen molar-refractivity contribution in [3.8, 4) is 0 Å². The van der Waals surface area contributed by atoms with E-state index in [2.05, 4.69) is 15.9 Å². The molecule has 1 saturated carbocycles. The second-order valence-corrected chi connectivity index (χ2v) is 6.49. The molecule has 1 aliphatic carbocycles. The third-order valence-electron chi connectivity index (χ3n) is 4.10. The molecule has 1 rings (SSSR count). The van der Waals surface area contributed by atoms with Crippen LogP contribution in [0.5, 0.6) is 0 Å². The van der Waals surface area contributed by atoms with Gasteiger partial charge in [-0.2, -0.15) is 13.2 Å². The topological polar surface area (TPSA) is 20.3 Å². The largest absolute Gasteiger partial charge is 0.391 e. The van der Waals surface area contributed by atoms with Crippen molar-refractivity contribution in [2.24, 2.45) is 11.8 Å².